The van der Waals surface area contributed by atoms with Gasteiger partial charge in [-0.1, -0.05) is 0 Å². The Hall–Kier alpha value is -1.79. The summed E-state index contributed by atoms with van der Waals surface area (Å²) >= 11 is 0. The van der Waals surface area contributed by atoms with Crippen molar-refractivity contribution in [1.29, 1.82) is 0 Å². The fraction of sp³-hybridized carbons (Fsp3) is 0.538. The maximum absolute atomic E-state index is 12.5. The minimum Gasteiger partial charge on any atom is -0.364 e. The molecule has 1 aromatic rings. The van der Waals surface area contributed by atoms with Crippen LogP contribution in [0.1, 0.15) is 28.9 Å². The maximum Gasteiger partial charge on any atom is 0.391 e. The number of piperidine rings is 1. The van der Waals surface area contributed by atoms with Gasteiger partial charge in [-0.3, -0.25) is 9.59 Å². The third-order valence-corrected chi connectivity index (χ3v) is 3.53. The average molecular weight is 288 g/mol. The minimum atomic E-state index is -4.21. The lowest BCUT2D eigenvalue weighted by Gasteiger charge is -2.32. The number of pyridine rings is 1. The monoisotopic (exact) mass is 288 g/mol. The molecule has 2 heterocycles. The number of alkyl halides is 3. The van der Waals surface area contributed by atoms with Crippen LogP contribution in [-0.4, -0.2) is 35.1 Å². The number of H-pyrrole nitrogens is 1. The molecule has 1 aliphatic heterocycles. The van der Waals surface area contributed by atoms with Crippen molar-refractivity contribution in [3.05, 3.63) is 33.7 Å². The van der Waals surface area contributed by atoms with Crippen LogP contribution in [0.4, 0.5) is 13.2 Å². The van der Waals surface area contributed by atoms with Crippen molar-refractivity contribution >= 4 is 5.91 Å². The number of aromatic nitrogens is 1. The second-order valence-corrected chi connectivity index (χ2v) is 5.00. The summed E-state index contributed by atoms with van der Waals surface area (Å²) in [5.74, 6) is -1.87. The first-order valence-corrected chi connectivity index (χ1v) is 6.34. The van der Waals surface area contributed by atoms with Gasteiger partial charge in [-0.15, -0.1) is 0 Å². The smallest absolute Gasteiger partial charge is 0.364 e. The summed E-state index contributed by atoms with van der Waals surface area (Å²) in [6, 6.07) is 1.30. The van der Waals surface area contributed by atoms with E-state index in [9.17, 15) is 22.8 Å². The van der Waals surface area contributed by atoms with Gasteiger partial charge in [0.1, 0.15) is 5.56 Å². The van der Waals surface area contributed by atoms with Crippen LogP contribution in [0.25, 0.3) is 0 Å². The van der Waals surface area contributed by atoms with E-state index in [4.69, 9.17) is 0 Å². The summed E-state index contributed by atoms with van der Waals surface area (Å²) < 4.78 is 37.6. The van der Waals surface area contributed by atoms with Gasteiger partial charge in [0.25, 0.3) is 5.91 Å². The highest BCUT2D eigenvalue weighted by Gasteiger charge is 2.41. The predicted molar refractivity (Wildman–Crippen MR) is 66.5 cm³/mol. The molecule has 110 valence electrons. The van der Waals surface area contributed by atoms with Gasteiger partial charge in [-0.25, -0.2) is 0 Å². The van der Waals surface area contributed by atoms with E-state index in [1.165, 1.54) is 17.2 Å². The normalized spacial score (nSPS) is 17.3. The summed E-state index contributed by atoms with van der Waals surface area (Å²) in [5, 5.41) is 0. The molecule has 4 nitrogen and oxygen atoms in total. The summed E-state index contributed by atoms with van der Waals surface area (Å²) in [6.07, 6.45) is -3.12. The zero-order chi connectivity index (χ0) is 14.9. The Bertz CT molecular complexity index is 557. The number of aromatic amines is 1. The molecule has 1 fully saturated rings. The Kier molecular flexibility index (Phi) is 3.87. The van der Waals surface area contributed by atoms with Crippen LogP contribution in [0.5, 0.6) is 0 Å². The van der Waals surface area contributed by atoms with E-state index in [0.717, 1.165) is 0 Å². The van der Waals surface area contributed by atoms with Crippen LogP contribution in [0.15, 0.2) is 17.1 Å². The van der Waals surface area contributed by atoms with Gasteiger partial charge in [-0.2, -0.15) is 13.2 Å². The molecule has 20 heavy (non-hydrogen) atoms. The average Bonchev–Trinajstić information content (AvgIpc) is 2.37. The van der Waals surface area contributed by atoms with Gasteiger partial charge >= 0.3 is 6.18 Å². The number of nitrogens with one attached hydrogen (secondary N) is 1. The molecule has 0 radical (unpaired) electrons. The van der Waals surface area contributed by atoms with Crippen molar-refractivity contribution in [2.45, 2.75) is 25.9 Å². The number of rotatable bonds is 1. The summed E-state index contributed by atoms with van der Waals surface area (Å²) in [6.45, 7) is 1.73. The molecule has 0 aromatic carbocycles. The molecule has 0 atom stereocenters. The van der Waals surface area contributed by atoms with E-state index in [-0.39, 0.29) is 31.5 Å². The fourth-order valence-corrected chi connectivity index (χ4v) is 2.32. The van der Waals surface area contributed by atoms with Crippen molar-refractivity contribution in [2.75, 3.05) is 13.1 Å². The van der Waals surface area contributed by atoms with Crippen LogP contribution in [0.3, 0.4) is 0 Å². The Labute approximate surface area is 113 Å². The first-order valence-electron chi connectivity index (χ1n) is 6.34. The zero-order valence-electron chi connectivity index (χ0n) is 11.0. The van der Waals surface area contributed by atoms with Crippen LogP contribution < -0.4 is 5.43 Å². The number of likely N-dealkylation sites (tertiary alicyclic amines) is 1. The molecule has 0 unspecified atom stereocenters. The van der Waals surface area contributed by atoms with E-state index in [0.29, 0.717) is 5.69 Å². The Morgan fingerprint density at radius 3 is 2.45 bits per heavy atom. The molecule has 1 amide bonds. The second kappa shape index (κ2) is 5.30. The molecule has 0 spiro atoms. The maximum atomic E-state index is 12.5. The Morgan fingerprint density at radius 2 is 1.95 bits per heavy atom. The molecule has 1 aliphatic rings. The van der Waals surface area contributed by atoms with E-state index in [1.807, 2.05) is 0 Å². The highest BCUT2D eigenvalue weighted by atomic mass is 19.4. The lowest BCUT2D eigenvalue weighted by Crippen LogP contribution is -2.43. The molecule has 1 aromatic heterocycles. The first kappa shape index (κ1) is 14.6. The standard InChI is InChI=1S/C13H15F3N2O2/c1-8-6-11(19)10(7-17-8)12(20)18-4-2-9(3-5-18)13(14,15)16/h6-7,9H,2-5H2,1H3,(H,17,19). The topological polar surface area (TPSA) is 53.2 Å². The Balaban J connectivity index is 2.07. The highest BCUT2D eigenvalue weighted by molar-refractivity contribution is 5.93. The van der Waals surface area contributed by atoms with E-state index >= 15 is 0 Å². The first-order chi connectivity index (χ1) is 9.29. The van der Waals surface area contributed by atoms with Crippen LogP contribution in [0, 0.1) is 12.8 Å². The number of halogens is 3. The number of hydrogen-bond acceptors (Lipinski definition) is 2. The second-order valence-electron chi connectivity index (χ2n) is 5.00. The number of carbonyl (C=O) groups excluding carboxylic acids is 1. The summed E-state index contributed by atoms with van der Waals surface area (Å²) in [4.78, 5) is 27.9. The summed E-state index contributed by atoms with van der Waals surface area (Å²) in [5.41, 5.74) is 0.188. The molecule has 2 rings (SSSR count). The largest absolute Gasteiger partial charge is 0.391 e. The molecule has 0 bridgehead atoms. The third kappa shape index (κ3) is 3.02. The lowest BCUT2D eigenvalue weighted by molar-refractivity contribution is -0.183. The van der Waals surface area contributed by atoms with Gasteiger partial charge < -0.3 is 9.88 Å². The molecule has 0 aliphatic carbocycles. The predicted octanol–water partition coefficient (Wildman–Crippen LogP) is 2.10. The quantitative estimate of drug-likeness (QED) is 0.860. The van der Waals surface area contributed by atoms with Crippen molar-refractivity contribution in [2.24, 2.45) is 5.92 Å². The number of nitrogens with zero attached hydrogens (tertiary/aromatic N) is 1. The molecule has 0 saturated carbocycles. The molecule has 1 saturated heterocycles. The minimum absolute atomic E-state index is 0.0241. The van der Waals surface area contributed by atoms with Crippen LogP contribution >= 0.6 is 0 Å². The van der Waals surface area contributed by atoms with Gasteiger partial charge in [0.15, 0.2) is 5.43 Å². The molecular weight excluding hydrogens is 273 g/mol. The zero-order valence-corrected chi connectivity index (χ0v) is 11.0. The van der Waals surface area contributed by atoms with Crippen molar-refractivity contribution in [3.63, 3.8) is 0 Å². The van der Waals surface area contributed by atoms with E-state index in [2.05, 4.69) is 4.98 Å². The van der Waals surface area contributed by atoms with Crippen molar-refractivity contribution < 1.29 is 18.0 Å². The van der Waals surface area contributed by atoms with Crippen molar-refractivity contribution in [3.8, 4) is 0 Å². The molecular formula is C13H15F3N2O2. The third-order valence-electron chi connectivity index (χ3n) is 3.53. The molecule has 1 N–H and O–H groups in total. The van der Waals surface area contributed by atoms with E-state index < -0.39 is 23.4 Å². The highest BCUT2D eigenvalue weighted by Crippen LogP contribution is 2.34. The fourth-order valence-electron chi connectivity index (χ4n) is 2.32. The lowest BCUT2D eigenvalue weighted by atomic mass is 9.96. The molecule has 7 heteroatoms. The van der Waals surface area contributed by atoms with Crippen molar-refractivity contribution in [1.82, 2.24) is 9.88 Å². The summed E-state index contributed by atoms with van der Waals surface area (Å²) in [7, 11) is 0. The van der Waals surface area contributed by atoms with Crippen LogP contribution in [0.2, 0.25) is 0 Å². The number of carbonyl (C=O) groups is 1. The van der Waals surface area contributed by atoms with Gasteiger partial charge in [-0.05, 0) is 19.8 Å². The van der Waals surface area contributed by atoms with E-state index in [1.54, 1.807) is 6.92 Å². The van der Waals surface area contributed by atoms with Gasteiger partial charge in [0.2, 0.25) is 0 Å². The Morgan fingerprint density at radius 1 is 1.35 bits per heavy atom. The SMILES string of the molecule is Cc1cc(=O)c(C(=O)N2CCC(C(F)(F)F)CC2)c[nH]1. The van der Waals surface area contributed by atoms with Gasteiger partial charge in [0.05, 0.1) is 5.92 Å². The number of aryl methyl sites for hydroxylation is 1. The number of hydrogen-bond donors (Lipinski definition) is 1. The van der Waals surface area contributed by atoms with Gasteiger partial charge in [0, 0.05) is 31.0 Å². The number of amides is 1. The van der Waals surface area contributed by atoms with Crippen LogP contribution in [-0.2, 0) is 0 Å².